The van der Waals surface area contributed by atoms with Crippen LogP contribution >= 0.6 is 11.6 Å². The van der Waals surface area contributed by atoms with Gasteiger partial charge in [-0.2, -0.15) is 0 Å². The average Bonchev–Trinajstić information content (AvgIpc) is 2.88. The number of hydrogen-bond donors (Lipinski definition) is 2. The summed E-state index contributed by atoms with van der Waals surface area (Å²) in [7, 11) is -2.97. The highest BCUT2D eigenvalue weighted by atomic mass is 35.5. The van der Waals surface area contributed by atoms with Gasteiger partial charge in [-0.3, -0.25) is 4.79 Å². The lowest BCUT2D eigenvalue weighted by Gasteiger charge is -2.12. The highest BCUT2D eigenvalue weighted by molar-refractivity contribution is 7.91. The summed E-state index contributed by atoms with van der Waals surface area (Å²) in [4.78, 5) is 16.3. The fraction of sp³-hybridized carbons (Fsp3) is 0.250. The molecule has 1 amide bonds. The largest absolute Gasteiger partial charge is 0.366 e. The Hall–Kier alpha value is -2.19. The van der Waals surface area contributed by atoms with Crippen LogP contribution in [-0.2, 0) is 9.84 Å². The fourth-order valence-corrected chi connectivity index (χ4v) is 4.50. The summed E-state index contributed by atoms with van der Waals surface area (Å²) in [5, 5.41) is 5.59. The first-order valence-electron chi connectivity index (χ1n) is 7.52. The molecule has 1 atom stereocenters. The van der Waals surface area contributed by atoms with Crippen molar-refractivity contribution < 1.29 is 17.6 Å². The molecule has 0 saturated carbocycles. The molecule has 1 aliphatic rings. The number of benzene rings is 1. The van der Waals surface area contributed by atoms with Gasteiger partial charge < -0.3 is 10.6 Å². The Morgan fingerprint density at radius 1 is 1.28 bits per heavy atom. The van der Waals surface area contributed by atoms with Crippen molar-refractivity contribution in [3.63, 3.8) is 0 Å². The van der Waals surface area contributed by atoms with Gasteiger partial charge in [-0.05, 0) is 30.7 Å². The molecule has 2 N–H and O–H groups in total. The van der Waals surface area contributed by atoms with E-state index in [0.29, 0.717) is 17.9 Å². The molecule has 6 nitrogen and oxygen atoms in total. The van der Waals surface area contributed by atoms with Crippen molar-refractivity contribution in [3.8, 4) is 0 Å². The number of aromatic nitrogens is 1. The van der Waals surface area contributed by atoms with Crippen molar-refractivity contribution in [2.75, 3.05) is 22.1 Å². The lowest BCUT2D eigenvalue weighted by molar-refractivity contribution is 0.102. The minimum absolute atomic E-state index is 0.0196. The van der Waals surface area contributed by atoms with Crippen LogP contribution in [0.25, 0.3) is 0 Å². The van der Waals surface area contributed by atoms with Crippen LogP contribution in [0.2, 0.25) is 5.02 Å². The van der Waals surface area contributed by atoms with Gasteiger partial charge in [0.15, 0.2) is 9.84 Å². The quantitative estimate of drug-likeness (QED) is 0.847. The second-order valence-electron chi connectivity index (χ2n) is 5.73. The van der Waals surface area contributed by atoms with Crippen LogP contribution in [-0.4, -0.2) is 36.9 Å². The van der Waals surface area contributed by atoms with Crippen LogP contribution in [0.4, 0.5) is 15.9 Å². The van der Waals surface area contributed by atoms with Crippen LogP contribution in [0.15, 0.2) is 36.5 Å². The summed E-state index contributed by atoms with van der Waals surface area (Å²) in [6, 6.07) is 7.03. The number of carbonyl (C=O) groups excluding carboxylic acids is 1. The Morgan fingerprint density at radius 3 is 2.68 bits per heavy atom. The van der Waals surface area contributed by atoms with Gasteiger partial charge in [-0.25, -0.2) is 17.8 Å². The first-order valence-corrected chi connectivity index (χ1v) is 9.72. The SMILES string of the molecule is O=C(Nc1ccc(NC2CCS(=O)(=O)C2)nc1)c1c(F)cccc1Cl. The van der Waals surface area contributed by atoms with Crippen LogP contribution < -0.4 is 10.6 Å². The van der Waals surface area contributed by atoms with Crippen molar-refractivity contribution in [2.45, 2.75) is 12.5 Å². The third-order valence-corrected chi connectivity index (χ3v) is 5.88. The number of nitrogens with zero attached hydrogens (tertiary/aromatic N) is 1. The Bertz CT molecular complexity index is 883. The van der Waals surface area contributed by atoms with Crippen molar-refractivity contribution >= 4 is 38.9 Å². The van der Waals surface area contributed by atoms with Crippen molar-refractivity contribution in [1.82, 2.24) is 4.98 Å². The second kappa shape index (κ2) is 6.97. The molecule has 1 aliphatic heterocycles. The zero-order chi connectivity index (χ0) is 18.0. The van der Waals surface area contributed by atoms with E-state index in [9.17, 15) is 17.6 Å². The summed E-state index contributed by atoms with van der Waals surface area (Å²) in [5.41, 5.74) is 0.136. The predicted octanol–water partition coefficient (Wildman–Crippen LogP) is 2.73. The molecule has 1 saturated heterocycles. The van der Waals surface area contributed by atoms with Gasteiger partial charge >= 0.3 is 0 Å². The molecule has 0 aliphatic carbocycles. The van der Waals surface area contributed by atoms with E-state index in [-0.39, 0.29) is 28.1 Å². The molecule has 1 unspecified atom stereocenters. The molecule has 0 radical (unpaired) electrons. The van der Waals surface area contributed by atoms with E-state index in [1.165, 1.54) is 18.3 Å². The normalized spacial score (nSPS) is 18.7. The van der Waals surface area contributed by atoms with Crippen LogP contribution in [0, 0.1) is 5.82 Å². The first kappa shape index (κ1) is 17.6. The van der Waals surface area contributed by atoms with Crippen LogP contribution in [0.5, 0.6) is 0 Å². The smallest absolute Gasteiger partial charge is 0.260 e. The topological polar surface area (TPSA) is 88.2 Å². The monoisotopic (exact) mass is 383 g/mol. The number of sulfone groups is 1. The number of pyridine rings is 1. The number of halogens is 2. The second-order valence-corrected chi connectivity index (χ2v) is 8.36. The lowest BCUT2D eigenvalue weighted by Crippen LogP contribution is -2.21. The Labute approximate surface area is 149 Å². The molecular formula is C16H15ClFN3O3S. The number of carbonyl (C=O) groups is 1. The molecular weight excluding hydrogens is 369 g/mol. The van der Waals surface area contributed by atoms with E-state index in [4.69, 9.17) is 11.6 Å². The van der Waals surface area contributed by atoms with E-state index in [1.54, 1.807) is 12.1 Å². The summed E-state index contributed by atoms with van der Waals surface area (Å²) in [5.74, 6) is -0.628. The number of nitrogens with one attached hydrogen (secondary N) is 2. The third kappa shape index (κ3) is 4.26. The number of amides is 1. The zero-order valence-electron chi connectivity index (χ0n) is 13.0. The maximum atomic E-state index is 13.7. The van der Waals surface area contributed by atoms with E-state index in [0.717, 1.165) is 6.07 Å². The van der Waals surface area contributed by atoms with Crippen LogP contribution in [0.3, 0.4) is 0 Å². The van der Waals surface area contributed by atoms with Gasteiger partial charge in [-0.15, -0.1) is 0 Å². The molecule has 9 heteroatoms. The first-order chi connectivity index (χ1) is 11.8. The van der Waals surface area contributed by atoms with Gasteiger partial charge in [0.05, 0.1) is 34.0 Å². The lowest BCUT2D eigenvalue weighted by atomic mass is 10.2. The Balaban J connectivity index is 1.66. The maximum absolute atomic E-state index is 13.7. The number of anilines is 2. The molecule has 1 aromatic heterocycles. The number of hydrogen-bond acceptors (Lipinski definition) is 5. The zero-order valence-corrected chi connectivity index (χ0v) is 14.6. The van der Waals surface area contributed by atoms with Gasteiger partial charge in [0, 0.05) is 6.04 Å². The standard InChI is InChI=1S/C16H15ClFN3O3S/c17-12-2-1-3-13(18)15(12)16(22)21-10-4-5-14(19-8-10)20-11-6-7-25(23,24)9-11/h1-5,8,11H,6-7,9H2,(H,19,20)(H,21,22). The molecule has 3 rings (SSSR count). The van der Waals surface area contributed by atoms with Gasteiger partial charge in [-0.1, -0.05) is 17.7 Å². The summed E-state index contributed by atoms with van der Waals surface area (Å²) in [6.07, 6.45) is 1.94. The highest BCUT2D eigenvalue weighted by Crippen LogP contribution is 2.21. The Morgan fingerprint density at radius 2 is 2.08 bits per heavy atom. The van der Waals surface area contributed by atoms with Gasteiger partial charge in [0.1, 0.15) is 11.6 Å². The fourth-order valence-electron chi connectivity index (χ4n) is 2.58. The van der Waals surface area contributed by atoms with E-state index in [1.807, 2.05) is 0 Å². The molecule has 1 aromatic carbocycles. The summed E-state index contributed by atoms with van der Waals surface area (Å²) >= 11 is 5.86. The molecule has 2 aromatic rings. The van der Waals surface area contributed by atoms with Crippen molar-refractivity contribution in [1.29, 1.82) is 0 Å². The van der Waals surface area contributed by atoms with Gasteiger partial charge in [0.2, 0.25) is 0 Å². The van der Waals surface area contributed by atoms with Crippen LogP contribution in [0.1, 0.15) is 16.8 Å². The van der Waals surface area contributed by atoms with Gasteiger partial charge in [0.25, 0.3) is 5.91 Å². The molecule has 25 heavy (non-hydrogen) atoms. The molecule has 2 heterocycles. The average molecular weight is 384 g/mol. The van der Waals surface area contributed by atoms with E-state index < -0.39 is 21.6 Å². The highest BCUT2D eigenvalue weighted by Gasteiger charge is 2.27. The van der Waals surface area contributed by atoms with Crippen molar-refractivity contribution in [3.05, 3.63) is 52.9 Å². The molecule has 0 spiro atoms. The van der Waals surface area contributed by atoms with E-state index in [2.05, 4.69) is 15.6 Å². The van der Waals surface area contributed by atoms with E-state index >= 15 is 0 Å². The third-order valence-electron chi connectivity index (χ3n) is 3.80. The molecule has 1 fully saturated rings. The molecule has 132 valence electrons. The summed E-state index contributed by atoms with van der Waals surface area (Å²) in [6.45, 7) is 0. The minimum Gasteiger partial charge on any atom is -0.366 e. The Kier molecular flexibility index (Phi) is 4.91. The minimum atomic E-state index is -2.97. The molecule has 0 bridgehead atoms. The maximum Gasteiger partial charge on any atom is 0.260 e. The number of rotatable bonds is 4. The van der Waals surface area contributed by atoms with Crippen molar-refractivity contribution in [2.24, 2.45) is 0 Å². The predicted molar refractivity (Wildman–Crippen MR) is 94.3 cm³/mol. The summed E-state index contributed by atoms with van der Waals surface area (Å²) < 4.78 is 36.6.